The molecule has 0 saturated heterocycles. The van der Waals surface area contributed by atoms with Crippen molar-refractivity contribution in [3.8, 4) is 0 Å². The van der Waals surface area contributed by atoms with Crippen LogP contribution in [0.5, 0.6) is 0 Å². The highest BCUT2D eigenvalue weighted by Crippen LogP contribution is 2.52. The minimum absolute atomic E-state index is 0.0793. The first kappa shape index (κ1) is 25.6. The van der Waals surface area contributed by atoms with Gasteiger partial charge >= 0.3 is 0 Å². The third-order valence-corrected chi connectivity index (χ3v) is 9.71. The third kappa shape index (κ3) is 3.83. The molecule has 0 amide bonds. The van der Waals surface area contributed by atoms with Crippen molar-refractivity contribution in [1.29, 1.82) is 0 Å². The van der Waals surface area contributed by atoms with Gasteiger partial charge in [0.2, 0.25) is 0 Å². The Balaban J connectivity index is 1.34. The summed E-state index contributed by atoms with van der Waals surface area (Å²) in [7, 11) is 2.22. The van der Waals surface area contributed by atoms with Crippen molar-refractivity contribution in [2.45, 2.75) is 44.9 Å². The molecule has 5 aromatic rings. The largest absolute Gasteiger partial charge is 0.347 e. The predicted molar refractivity (Wildman–Crippen MR) is 177 cm³/mol. The molecule has 1 nitrogen and oxygen atoms in total. The van der Waals surface area contributed by atoms with Gasteiger partial charge in [-0.25, -0.2) is 0 Å². The molecule has 1 aliphatic heterocycles. The Morgan fingerprint density at radius 2 is 1.34 bits per heavy atom. The van der Waals surface area contributed by atoms with Gasteiger partial charge in [-0.15, -0.1) is 0 Å². The molecule has 1 atom stereocenters. The van der Waals surface area contributed by atoms with Crippen molar-refractivity contribution < 1.29 is 0 Å². The van der Waals surface area contributed by atoms with E-state index in [0.717, 1.165) is 6.42 Å². The summed E-state index contributed by atoms with van der Waals surface area (Å²) in [6, 6.07) is 37.8. The number of benzene rings is 5. The van der Waals surface area contributed by atoms with Crippen molar-refractivity contribution in [3.63, 3.8) is 0 Å². The van der Waals surface area contributed by atoms with E-state index in [1.54, 1.807) is 0 Å². The highest BCUT2D eigenvalue weighted by Gasteiger charge is 2.41. The van der Waals surface area contributed by atoms with Gasteiger partial charge in [0, 0.05) is 29.0 Å². The van der Waals surface area contributed by atoms with Crippen molar-refractivity contribution >= 4 is 32.8 Å². The quantitative estimate of drug-likeness (QED) is 0.223. The van der Waals surface area contributed by atoms with Crippen LogP contribution in [0, 0.1) is 0 Å². The zero-order valence-corrected chi connectivity index (χ0v) is 24.7. The van der Waals surface area contributed by atoms with Gasteiger partial charge in [0.05, 0.1) is 5.69 Å². The third-order valence-electron chi connectivity index (χ3n) is 9.71. The monoisotopic (exact) mass is 531 g/mol. The molecule has 1 aliphatic carbocycles. The second-order valence-electron chi connectivity index (χ2n) is 12.5. The highest BCUT2D eigenvalue weighted by molar-refractivity contribution is 5.99. The molecule has 0 fully saturated rings. The molecule has 1 unspecified atom stereocenters. The maximum Gasteiger partial charge on any atom is 0.0527 e. The van der Waals surface area contributed by atoms with E-state index in [-0.39, 0.29) is 10.8 Å². The number of nitrogens with zero attached hydrogens (tertiary/aromatic N) is 1. The van der Waals surface area contributed by atoms with Crippen molar-refractivity contribution in [2.24, 2.45) is 0 Å². The van der Waals surface area contributed by atoms with E-state index in [2.05, 4.69) is 161 Å². The topological polar surface area (TPSA) is 3.24 Å². The summed E-state index contributed by atoms with van der Waals surface area (Å²) >= 11 is 0. The Kier molecular flexibility index (Phi) is 5.84. The maximum absolute atomic E-state index is 2.45. The first-order valence-corrected chi connectivity index (χ1v) is 14.7. The molecule has 2 aliphatic rings. The van der Waals surface area contributed by atoms with Crippen LogP contribution in [-0.4, -0.2) is 7.05 Å². The standard InChI is InChI=1S/C40H37N/c1-27-31-24-22-29-16-9-11-18-32(29)37(31)40(4,26-28-14-7-6-8-15-28)34(27)20-13-21-36-39(2,3)35-25-23-30-17-10-12-19-33(30)38(35)41(36)5/h6-25H,26H2,1-5H3/b20-13+,36-21+. The van der Waals surface area contributed by atoms with E-state index in [1.807, 2.05) is 0 Å². The first-order valence-electron chi connectivity index (χ1n) is 14.7. The van der Waals surface area contributed by atoms with Gasteiger partial charge in [0.1, 0.15) is 0 Å². The smallest absolute Gasteiger partial charge is 0.0527 e. The summed E-state index contributed by atoms with van der Waals surface area (Å²) in [5.74, 6) is 0. The number of fused-ring (bicyclic) bond motifs is 6. The Morgan fingerprint density at radius 3 is 2.10 bits per heavy atom. The lowest BCUT2D eigenvalue weighted by Gasteiger charge is -2.30. The lowest BCUT2D eigenvalue weighted by atomic mass is 9.72. The number of hydrogen-bond acceptors (Lipinski definition) is 1. The van der Waals surface area contributed by atoms with E-state index in [1.165, 1.54) is 66.3 Å². The van der Waals surface area contributed by atoms with Crippen LogP contribution < -0.4 is 4.90 Å². The van der Waals surface area contributed by atoms with Crippen LogP contribution in [0.1, 0.15) is 49.9 Å². The van der Waals surface area contributed by atoms with Gasteiger partial charge in [-0.1, -0.05) is 136 Å². The van der Waals surface area contributed by atoms with Gasteiger partial charge < -0.3 is 4.90 Å². The number of rotatable bonds is 4. The average molecular weight is 532 g/mol. The fraction of sp³-hybridized carbons (Fsp3) is 0.200. The van der Waals surface area contributed by atoms with E-state index in [9.17, 15) is 0 Å². The molecule has 41 heavy (non-hydrogen) atoms. The Bertz CT molecular complexity index is 1920. The molecule has 1 heterocycles. The second-order valence-corrected chi connectivity index (χ2v) is 12.5. The normalized spacial score (nSPS) is 20.5. The molecule has 0 saturated carbocycles. The van der Waals surface area contributed by atoms with Gasteiger partial charge in [-0.2, -0.15) is 0 Å². The van der Waals surface area contributed by atoms with E-state index in [4.69, 9.17) is 0 Å². The van der Waals surface area contributed by atoms with Crippen molar-refractivity contribution in [3.05, 3.63) is 155 Å². The van der Waals surface area contributed by atoms with Gasteiger partial charge in [0.25, 0.3) is 0 Å². The van der Waals surface area contributed by atoms with Crippen LogP contribution in [0.2, 0.25) is 0 Å². The molecule has 0 aromatic heterocycles. The number of anilines is 1. The summed E-state index contributed by atoms with van der Waals surface area (Å²) < 4.78 is 0. The number of hydrogen-bond donors (Lipinski definition) is 0. The fourth-order valence-electron chi connectivity index (χ4n) is 7.72. The fourth-order valence-corrected chi connectivity index (χ4v) is 7.72. The molecule has 5 aromatic carbocycles. The van der Waals surface area contributed by atoms with Crippen molar-refractivity contribution in [2.75, 3.05) is 11.9 Å². The summed E-state index contributed by atoms with van der Waals surface area (Å²) in [5, 5.41) is 5.28. The van der Waals surface area contributed by atoms with Gasteiger partial charge in [0.15, 0.2) is 0 Å². The summed E-state index contributed by atoms with van der Waals surface area (Å²) in [5.41, 5.74) is 10.8. The van der Waals surface area contributed by atoms with Crippen LogP contribution in [-0.2, 0) is 17.3 Å². The molecule has 0 bridgehead atoms. The minimum Gasteiger partial charge on any atom is -0.347 e. The molecule has 1 heteroatoms. The van der Waals surface area contributed by atoms with E-state index >= 15 is 0 Å². The van der Waals surface area contributed by atoms with Crippen molar-refractivity contribution in [1.82, 2.24) is 0 Å². The van der Waals surface area contributed by atoms with Crippen LogP contribution in [0.15, 0.2) is 133 Å². The summed E-state index contributed by atoms with van der Waals surface area (Å²) in [6.07, 6.45) is 8.01. The average Bonchev–Trinajstić information content (AvgIpc) is 3.32. The lowest BCUT2D eigenvalue weighted by Crippen LogP contribution is -2.25. The molecule has 0 spiro atoms. The Morgan fingerprint density at radius 1 is 0.707 bits per heavy atom. The Labute approximate surface area is 244 Å². The first-order chi connectivity index (χ1) is 19.8. The molecule has 7 rings (SSSR count). The molecule has 0 radical (unpaired) electrons. The highest BCUT2D eigenvalue weighted by atomic mass is 15.2. The van der Waals surface area contributed by atoms with E-state index in [0.29, 0.717) is 0 Å². The molecule has 202 valence electrons. The van der Waals surface area contributed by atoms with Crippen LogP contribution >= 0.6 is 0 Å². The van der Waals surface area contributed by atoms with Gasteiger partial charge in [-0.3, -0.25) is 0 Å². The minimum atomic E-state index is -0.132. The summed E-state index contributed by atoms with van der Waals surface area (Å²) in [4.78, 5) is 2.41. The molecule has 0 N–H and O–H groups in total. The van der Waals surface area contributed by atoms with Crippen LogP contribution in [0.4, 0.5) is 5.69 Å². The zero-order chi connectivity index (χ0) is 28.4. The van der Waals surface area contributed by atoms with Crippen LogP contribution in [0.3, 0.4) is 0 Å². The second kappa shape index (κ2) is 9.35. The van der Waals surface area contributed by atoms with Crippen LogP contribution in [0.25, 0.3) is 27.1 Å². The predicted octanol–water partition coefficient (Wildman–Crippen LogP) is 10.1. The lowest BCUT2D eigenvalue weighted by molar-refractivity contribution is 0.582. The van der Waals surface area contributed by atoms with E-state index < -0.39 is 0 Å². The number of likely N-dealkylation sites (N-methyl/N-ethyl adjacent to an activating group) is 1. The summed E-state index contributed by atoms with van der Waals surface area (Å²) in [6.45, 7) is 9.46. The zero-order valence-electron chi connectivity index (χ0n) is 24.7. The molecular weight excluding hydrogens is 494 g/mol. The Hall–Kier alpha value is -4.36. The number of allylic oxidation sites excluding steroid dienone is 6. The SMILES string of the molecule is CC1=C(/C=C/C=C2/N(C)c3c(ccc4ccccc34)C2(C)C)C(C)(Cc2ccccc2)c2c1ccc1ccccc21. The maximum atomic E-state index is 2.45. The van der Waals surface area contributed by atoms with Gasteiger partial charge in [-0.05, 0) is 69.0 Å². The molecular formula is C40H37N.